The van der Waals surface area contributed by atoms with Crippen LogP contribution in [0.15, 0.2) is 28.7 Å². The Hall–Kier alpha value is -0.870. The molecule has 1 aromatic rings. The molecule has 1 heterocycles. The number of rotatable bonds is 3. The maximum absolute atomic E-state index is 11.7. The first kappa shape index (κ1) is 15.0. The van der Waals surface area contributed by atoms with Gasteiger partial charge in [-0.1, -0.05) is 47.3 Å². The molecule has 1 atom stereocenters. The van der Waals surface area contributed by atoms with Crippen molar-refractivity contribution >= 4 is 21.9 Å². The number of carboxylic acid groups (broad SMARTS) is 1. The molecule has 114 valence electrons. The maximum Gasteiger partial charge on any atom is 0.308 e. The summed E-state index contributed by atoms with van der Waals surface area (Å²) in [7, 11) is 0. The van der Waals surface area contributed by atoms with Crippen LogP contribution in [0, 0.1) is 11.3 Å². The summed E-state index contributed by atoms with van der Waals surface area (Å²) in [5.41, 5.74) is 1.29. The second-order valence-corrected chi connectivity index (χ2v) is 7.53. The Balaban J connectivity index is 1.73. The SMILES string of the molecule is O=C(O)[C@H]1CN(Cc2ccc(Br)cc2)CC12CCCCC2. The van der Waals surface area contributed by atoms with Crippen LogP contribution in [0.3, 0.4) is 0 Å². The summed E-state index contributed by atoms with van der Waals surface area (Å²) in [4.78, 5) is 14.0. The number of aliphatic carboxylic acids is 1. The van der Waals surface area contributed by atoms with Gasteiger partial charge in [-0.3, -0.25) is 9.69 Å². The van der Waals surface area contributed by atoms with Crippen molar-refractivity contribution in [2.24, 2.45) is 11.3 Å². The van der Waals surface area contributed by atoms with Crippen LogP contribution < -0.4 is 0 Å². The molecule has 1 aliphatic carbocycles. The number of benzene rings is 1. The van der Waals surface area contributed by atoms with E-state index >= 15 is 0 Å². The van der Waals surface area contributed by atoms with Crippen LogP contribution in [0.5, 0.6) is 0 Å². The molecule has 0 unspecified atom stereocenters. The molecule has 2 aliphatic rings. The maximum atomic E-state index is 11.7. The molecule has 3 nitrogen and oxygen atoms in total. The van der Waals surface area contributed by atoms with Gasteiger partial charge in [-0.05, 0) is 36.0 Å². The van der Waals surface area contributed by atoms with Crippen LogP contribution >= 0.6 is 15.9 Å². The number of hydrogen-bond acceptors (Lipinski definition) is 2. The first-order chi connectivity index (χ1) is 10.1. The number of nitrogens with zero attached hydrogens (tertiary/aromatic N) is 1. The third-order valence-corrected chi connectivity index (χ3v) is 5.71. The molecule has 2 fully saturated rings. The molecule has 3 rings (SSSR count). The molecule has 1 spiro atoms. The molecular weight excluding hydrogens is 330 g/mol. The molecule has 0 bridgehead atoms. The zero-order valence-electron chi connectivity index (χ0n) is 12.2. The van der Waals surface area contributed by atoms with Crippen molar-refractivity contribution in [2.45, 2.75) is 38.6 Å². The lowest BCUT2D eigenvalue weighted by Crippen LogP contribution is -2.36. The molecule has 1 aliphatic heterocycles. The lowest BCUT2D eigenvalue weighted by atomic mass is 9.68. The molecule has 1 saturated heterocycles. The fourth-order valence-corrected chi connectivity index (χ4v) is 4.41. The van der Waals surface area contributed by atoms with E-state index in [1.807, 2.05) is 0 Å². The van der Waals surface area contributed by atoms with E-state index in [1.54, 1.807) is 0 Å². The van der Waals surface area contributed by atoms with E-state index in [-0.39, 0.29) is 11.3 Å². The molecule has 21 heavy (non-hydrogen) atoms. The van der Waals surface area contributed by atoms with Gasteiger partial charge in [0.15, 0.2) is 0 Å². The summed E-state index contributed by atoms with van der Waals surface area (Å²) in [6.45, 7) is 2.50. The summed E-state index contributed by atoms with van der Waals surface area (Å²) in [5, 5.41) is 9.62. The number of carboxylic acids is 1. The first-order valence-corrected chi connectivity index (χ1v) is 8.58. The largest absolute Gasteiger partial charge is 0.481 e. The molecule has 0 amide bonds. The number of halogens is 1. The quantitative estimate of drug-likeness (QED) is 0.897. The average molecular weight is 352 g/mol. The zero-order valence-corrected chi connectivity index (χ0v) is 13.8. The Morgan fingerprint density at radius 1 is 1.24 bits per heavy atom. The van der Waals surface area contributed by atoms with Crippen molar-refractivity contribution in [1.82, 2.24) is 4.90 Å². The number of hydrogen-bond donors (Lipinski definition) is 1. The summed E-state index contributed by atoms with van der Waals surface area (Å²) in [6, 6.07) is 8.34. The van der Waals surface area contributed by atoms with Crippen molar-refractivity contribution in [3.8, 4) is 0 Å². The van der Waals surface area contributed by atoms with Crippen molar-refractivity contribution in [1.29, 1.82) is 0 Å². The predicted octanol–water partition coefficient (Wildman–Crippen LogP) is 3.92. The van der Waals surface area contributed by atoms with Crippen molar-refractivity contribution in [2.75, 3.05) is 13.1 Å². The Bertz CT molecular complexity index is 508. The Morgan fingerprint density at radius 3 is 2.52 bits per heavy atom. The Morgan fingerprint density at radius 2 is 1.90 bits per heavy atom. The minimum absolute atomic E-state index is 0.0272. The van der Waals surface area contributed by atoms with Gasteiger partial charge in [-0.15, -0.1) is 0 Å². The van der Waals surface area contributed by atoms with E-state index in [2.05, 4.69) is 45.1 Å². The van der Waals surface area contributed by atoms with Gasteiger partial charge in [0.2, 0.25) is 0 Å². The first-order valence-electron chi connectivity index (χ1n) is 7.79. The van der Waals surface area contributed by atoms with E-state index in [1.165, 1.54) is 24.8 Å². The topological polar surface area (TPSA) is 40.5 Å². The average Bonchev–Trinajstić information content (AvgIpc) is 2.80. The highest BCUT2D eigenvalue weighted by Crippen LogP contribution is 2.47. The molecule has 0 radical (unpaired) electrons. The lowest BCUT2D eigenvalue weighted by Gasteiger charge is -2.36. The van der Waals surface area contributed by atoms with E-state index < -0.39 is 5.97 Å². The van der Waals surface area contributed by atoms with E-state index in [4.69, 9.17) is 0 Å². The normalized spacial score (nSPS) is 25.3. The zero-order chi connectivity index (χ0) is 14.9. The third kappa shape index (κ3) is 3.16. The predicted molar refractivity (Wildman–Crippen MR) is 86.1 cm³/mol. The second kappa shape index (κ2) is 6.09. The Labute approximate surface area is 134 Å². The standard InChI is InChI=1S/C17H22BrNO2/c18-14-6-4-13(5-7-14)10-19-11-15(16(20)21)17(12-19)8-2-1-3-9-17/h4-7,15H,1-3,8-12H2,(H,20,21)/t15-/m1/s1. The van der Waals surface area contributed by atoms with Gasteiger partial charge in [0.05, 0.1) is 5.92 Å². The van der Waals surface area contributed by atoms with Crippen LogP contribution in [0.25, 0.3) is 0 Å². The smallest absolute Gasteiger partial charge is 0.308 e. The van der Waals surface area contributed by atoms with E-state index in [9.17, 15) is 9.90 Å². The van der Waals surface area contributed by atoms with Gasteiger partial charge in [0.25, 0.3) is 0 Å². The van der Waals surface area contributed by atoms with Gasteiger partial charge in [0, 0.05) is 24.1 Å². The van der Waals surface area contributed by atoms with E-state index in [0.717, 1.165) is 30.4 Å². The van der Waals surface area contributed by atoms with Crippen molar-refractivity contribution in [3.63, 3.8) is 0 Å². The fraction of sp³-hybridized carbons (Fsp3) is 0.588. The summed E-state index contributed by atoms with van der Waals surface area (Å²) < 4.78 is 1.08. The third-order valence-electron chi connectivity index (χ3n) is 5.19. The Kier molecular flexibility index (Phi) is 4.36. The van der Waals surface area contributed by atoms with Crippen molar-refractivity contribution in [3.05, 3.63) is 34.3 Å². The van der Waals surface area contributed by atoms with Crippen molar-refractivity contribution < 1.29 is 9.90 Å². The van der Waals surface area contributed by atoms with Gasteiger partial charge in [-0.2, -0.15) is 0 Å². The highest BCUT2D eigenvalue weighted by molar-refractivity contribution is 9.10. The highest BCUT2D eigenvalue weighted by Gasteiger charge is 2.50. The van der Waals surface area contributed by atoms with Gasteiger partial charge in [0.1, 0.15) is 0 Å². The van der Waals surface area contributed by atoms with E-state index in [0.29, 0.717) is 6.54 Å². The number of carbonyl (C=O) groups is 1. The molecule has 1 aromatic carbocycles. The minimum atomic E-state index is -0.602. The summed E-state index contributed by atoms with van der Waals surface area (Å²) in [6.07, 6.45) is 5.81. The van der Waals surface area contributed by atoms with Crippen LogP contribution in [0.1, 0.15) is 37.7 Å². The van der Waals surface area contributed by atoms with Crippen LogP contribution in [-0.2, 0) is 11.3 Å². The fourth-order valence-electron chi connectivity index (χ4n) is 4.14. The lowest BCUT2D eigenvalue weighted by molar-refractivity contribution is -0.145. The van der Waals surface area contributed by atoms with Crippen LogP contribution in [0.4, 0.5) is 0 Å². The van der Waals surface area contributed by atoms with Crippen LogP contribution in [-0.4, -0.2) is 29.1 Å². The van der Waals surface area contributed by atoms with Gasteiger partial charge >= 0.3 is 5.97 Å². The monoisotopic (exact) mass is 351 g/mol. The minimum Gasteiger partial charge on any atom is -0.481 e. The molecular formula is C17H22BrNO2. The number of likely N-dealkylation sites (tertiary alicyclic amines) is 1. The molecule has 0 aromatic heterocycles. The molecule has 1 saturated carbocycles. The van der Waals surface area contributed by atoms with Gasteiger partial charge < -0.3 is 5.11 Å². The second-order valence-electron chi connectivity index (χ2n) is 6.61. The molecule has 4 heteroatoms. The van der Waals surface area contributed by atoms with Gasteiger partial charge in [-0.25, -0.2) is 0 Å². The summed E-state index contributed by atoms with van der Waals surface area (Å²) >= 11 is 3.45. The highest BCUT2D eigenvalue weighted by atomic mass is 79.9. The van der Waals surface area contributed by atoms with Crippen LogP contribution in [0.2, 0.25) is 0 Å². The summed E-state index contributed by atoms with van der Waals surface area (Å²) in [5.74, 6) is -0.788. The molecule has 1 N–H and O–H groups in total.